The summed E-state index contributed by atoms with van der Waals surface area (Å²) < 4.78 is 15.9. The van der Waals surface area contributed by atoms with Crippen molar-refractivity contribution in [1.29, 1.82) is 0 Å². The second-order valence-electron chi connectivity index (χ2n) is 4.34. The third kappa shape index (κ3) is 3.51. The molecule has 0 radical (unpaired) electrons. The minimum atomic E-state index is 0.159. The Bertz CT molecular complexity index is 486. The van der Waals surface area contributed by atoms with Gasteiger partial charge in [-0.1, -0.05) is 0 Å². The van der Waals surface area contributed by atoms with Crippen LogP contribution in [0.1, 0.15) is 24.3 Å². The first kappa shape index (κ1) is 13.5. The van der Waals surface area contributed by atoms with E-state index in [2.05, 4.69) is 12.2 Å². The molecule has 0 aliphatic rings. The zero-order valence-corrected chi connectivity index (χ0v) is 11.5. The Morgan fingerprint density at radius 1 is 1.16 bits per heavy atom. The number of nitrogens with one attached hydrogen (secondary N) is 1. The van der Waals surface area contributed by atoms with Gasteiger partial charge in [-0.15, -0.1) is 0 Å². The molecule has 0 fully saturated rings. The predicted molar refractivity (Wildman–Crippen MR) is 73.5 cm³/mol. The maximum atomic E-state index is 5.36. The zero-order valence-electron chi connectivity index (χ0n) is 11.5. The molecule has 1 unspecified atom stereocenters. The van der Waals surface area contributed by atoms with Crippen molar-refractivity contribution in [2.75, 3.05) is 14.2 Å². The largest absolute Gasteiger partial charge is 0.497 e. The van der Waals surface area contributed by atoms with Crippen molar-refractivity contribution in [3.05, 3.63) is 47.9 Å². The lowest BCUT2D eigenvalue weighted by atomic mass is 10.1. The number of ether oxygens (including phenoxy) is 2. The minimum Gasteiger partial charge on any atom is -0.497 e. The van der Waals surface area contributed by atoms with Gasteiger partial charge in [0.2, 0.25) is 0 Å². The summed E-state index contributed by atoms with van der Waals surface area (Å²) in [6.45, 7) is 2.78. The van der Waals surface area contributed by atoms with Crippen LogP contribution in [0.5, 0.6) is 11.5 Å². The van der Waals surface area contributed by atoms with Crippen molar-refractivity contribution in [1.82, 2.24) is 5.32 Å². The van der Waals surface area contributed by atoms with E-state index in [4.69, 9.17) is 13.9 Å². The average molecular weight is 261 g/mol. The molecule has 1 heterocycles. The molecule has 0 aliphatic carbocycles. The molecule has 2 aromatic rings. The normalized spacial score (nSPS) is 12.2. The molecule has 4 nitrogen and oxygen atoms in total. The van der Waals surface area contributed by atoms with E-state index in [-0.39, 0.29) is 6.04 Å². The van der Waals surface area contributed by atoms with E-state index >= 15 is 0 Å². The van der Waals surface area contributed by atoms with Gasteiger partial charge in [-0.25, -0.2) is 0 Å². The molecule has 0 saturated heterocycles. The van der Waals surface area contributed by atoms with Gasteiger partial charge in [-0.2, -0.15) is 0 Å². The van der Waals surface area contributed by atoms with Crippen molar-refractivity contribution in [2.45, 2.75) is 19.5 Å². The number of rotatable bonds is 6. The number of methoxy groups -OCH3 is 2. The van der Waals surface area contributed by atoms with Crippen molar-refractivity contribution >= 4 is 0 Å². The van der Waals surface area contributed by atoms with Crippen molar-refractivity contribution < 1.29 is 13.9 Å². The van der Waals surface area contributed by atoms with Crippen LogP contribution in [0.2, 0.25) is 0 Å². The Kier molecular flexibility index (Phi) is 4.47. The Labute approximate surface area is 113 Å². The molecule has 102 valence electrons. The van der Waals surface area contributed by atoms with E-state index in [1.54, 1.807) is 20.5 Å². The van der Waals surface area contributed by atoms with Crippen molar-refractivity contribution in [3.8, 4) is 11.5 Å². The highest BCUT2D eigenvalue weighted by atomic mass is 16.5. The van der Waals surface area contributed by atoms with Crippen LogP contribution in [-0.4, -0.2) is 14.2 Å². The first-order chi connectivity index (χ1) is 9.22. The van der Waals surface area contributed by atoms with Gasteiger partial charge in [0.15, 0.2) is 0 Å². The van der Waals surface area contributed by atoms with Crippen molar-refractivity contribution in [3.63, 3.8) is 0 Å². The first-order valence-corrected chi connectivity index (χ1v) is 6.21. The summed E-state index contributed by atoms with van der Waals surface area (Å²) in [4.78, 5) is 0. The second-order valence-corrected chi connectivity index (χ2v) is 4.34. The lowest BCUT2D eigenvalue weighted by Crippen LogP contribution is -2.17. The Balaban J connectivity index is 2.02. The SMILES string of the molecule is COc1cc(CNC(C)c2ccco2)cc(OC)c1. The summed E-state index contributed by atoms with van der Waals surface area (Å²) in [7, 11) is 3.30. The molecule has 0 bridgehead atoms. The molecule has 1 aromatic carbocycles. The van der Waals surface area contributed by atoms with Crippen LogP contribution < -0.4 is 14.8 Å². The Hall–Kier alpha value is -1.94. The maximum absolute atomic E-state index is 5.36. The van der Waals surface area contributed by atoms with Crippen molar-refractivity contribution in [2.24, 2.45) is 0 Å². The predicted octanol–water partition coefficient (Wildman–Crippen LogP) is 3.15. The molecule has 0 aliphatic heterocycles. The molecule has 0 spiro atoms. The third-order valence-corrected chi connectivity index (χ3v) is 2.99. The highest BCUT2D eigenvalue weighted by molar-refractivity contribution is 5.38. The average Bonchev–Trinajstić information content (AvgIpc) is 2.98. The molecular formula is C15H19NO3. The molecule has 4 heteroatoms. The molecule has 19 heavy (non-hydrogen) atoms. The summed E-state index contributed by atoms with van der Waals surface area (Å²) in [6.07, 6.45) is 1.68. The van der Waals surface area contributed by atoms with Crippen LogP contribution in [0.3, 0.4) is 0 Å². The summed E-state index contributed by atoms with van der Waals surface area (Å²) in [5.41, 5.74) is 1.11. The van der Waals surface area contributed by atoms with E-state index in [1.165, 1.54) is 0 Å². The van der Waals surface area contributed by atoms with Gasteiger partial charge in [0.25, 0.3) is 0 Å². The lowest BCUT2D eigenvalue weighted by Gasteiger charge is -2.13. The monoisotopic (exact) mass is 261 g/mol. The van der Waals surface area contributed by atoms with E-state index in [9.17, 15) is 0 Å². The van der Waals surface area contributed by atoms with Gasteiger partial charge >= 0.3 is 0 Å². The Morgan fingerprint density at radius 3 is 2.37 bits per heavy atom. The smallest absolute Gasteiger partial charge is 0.122 e. The molecule has 1 N–H and O–H groups in total. The highest BCUT2D eigenvalue weighted by Crippen LogP contribution is 2.23. The molecule has 1 atom stereocenters. The van der Waals surface area contributed by atoms with Crippen LogP contribution in [0.4, 0.5) is 0 Å². The summed E-state index contributed by atoms with van der Waals surface area (Å²) >= 11 is 0. The van der Waals surface area contributed by atoms with Gasteiger partial charge < -0.3 is 19.2 Å². The van der Waals surface area contributed by atoms with Gasteiger partial charge in [0, 0.05) is 12.6 Å². The van der Waals surface area contributed by atoms with Gasteiger partial charge in [0.05, 0.1) is 26.5 Å². The number of furan rings is 1. The number of benzene rings is 1. The molecular weight excluding hydrogens is 242 g/mol. The molecule has 2 rings (SSSR count). The summed E-state index contributed by atoms with van der Waals surface area (Å²) in [5.74, 6) is 2.51. The zero-order chi connectivity index (χ0) is 13.7. The standard InChI is InChI=1S/C15H19NO3/c1-11(15-5-4-6-19-15)16-10-12-7-13(17-2)9-14(8-12)18-3/h4-9,11,16H,10H2,1-3H3. The van der Waals surface area contributed by atoms with Crippen LogP contribution in [0.15, 0.2) is 41.0 Å². The number of hydrogen-bond acceptors (Lipinski definition) is 4. The van der Waals surface area contributed by atoms with Crippen LogP contribution in [-0.2, 0) is 6.54 Å². The quantitative estimate of drug-likeness (QED) is 0.867. The van der Waals surface area contributed by atoms with Gasteiger partial charge in [-0.3, -0.25) is 0 Å². The van der Waals surface area contributed by atoms with Gasteiger partial charge in [-0.05, 0) is 36.8 Å². The van der Waals surface area contributed by atoms with Crippen LogP contribution in [0, 0.1) is 0 Å². The topological polar surface area (TPSA) is 43.6 Å². The van der Waals surface area contributed by atoms with Crippen LogP contribution >= 0.6 is 0 Å². The van der Waals surface area contributed by atoms with E-state index in [0.717, 1.165) is 29.4 Å². The van der Waals surface area contributed by atoms with E-state index in [1.807, 2.05) is 30.3 Å². The Morgan fingerprint density at radius 2 is 1.84 bits per heavy atom. The van der Waals surface area contributed by atoms with E-state index < -0.39 is 0 Å². The fourth-order valence-electron chi connectivity index (χ4n) is 1.88. The second kappa shape index (κ2) is 6.29. The van der Waals surface area contributed by atoms with E-state index in [0.29, 0.717) is 0 Å². The number of hydrogen-bond donors (Lipinski definition) is 1. The summed E-state index contributed by atoms with van der Waals surface area (Å²) in [5, 5.41) is 3.40. The fraction of sp³-hybridized carbons (Fsp3) is 0.333. The first-order valence-electron chi connectivity index (χ1n) is 6.21. The molecule has 1 aromatic heterocycles. The van der Waals surface area contributed by atoms with Crippen LogP contribution in [0.25, 0.3) is 0 Å². The minimum absolute atomic E-state index is 0.159. The summed E-state index contributed by atoms with van der Waals surface area (Å²) in [6, 6.07) is 9.85. The molecule has 0 amide bonds. The highest BCUT2D eigenvalue weighted by Gasteiger charge is 2.08. The van der Waals surface area contributed by atoms with Gasteiger partial charge in [0.1, 0.15) is 17.3 Å². The maximum Gasteiger partial charge on any atom is 0.122 e. The lowest BCUT2D eigenvalue weighted by molar-refractivity contribution is 0.392. The third-order valence-electron chi connectivity index (χ3n) is 2.99. The molecule has 0 saturated carbocycles. The fourth-order valence-corrected chi connectivity index (χ4v) is 1.88.